The molecule has 140 valence electrons. The van der Waals surface area contributed by atoms with Crippen LogP contribution in [0.15, 0.2) is 64.6 Å². The van der Waals surface area contributed by atoms with E-state index < -0.39 is 0 Å². The van der Waals surface area contributed by atoms with E-state index >= 15 is 0 Å². The minimum Gasteiger partial charge on any atom is -0.382 e. The van der Waals surface area contributed by atoms with Crippen LogP contribution in [0, 0.1) is 6.92 Å². The van der Waals surface area contributed by atoms with Crippen molar-refractivity contribution in [3.63, 3.8) is 0 Å². The molecule has 0 heterocycles. The normalized spacial score (nSPS) is 16.5. The number of hydrogen-bond donors (Lipinski definition) is 1. The second-order valence-corrected chi connectivity index (χ2v) is 8.69. The molecule has 2 rings (SSSR count). The van der Waals surface area contributed by atoms with Gasteiger partial charge in [-0.15, -0.1) is 0 Å². The molecule has 1 aliphatic rings. The molecule has 0 amide bonds. The molecule has 0 aromatic heterocycles. The highest BCUT2D eigenvalue weighted by Crippen LogP contribution is 2.31. The fourth-order valence-electron chi connectivity index (χ4n) is 3.32. The number of thioether (sulfide) groups is 1. The lowest BCUT2D eigenvalue weighted by Gasteiger charge is -2.26. The van der Waals surface area contributed by atoms with Crippen LogP contribution in [0.2, 0.25) is 0 Å². The minimum atomic E-state index is 0.581. The third-order valence-corrected chi connectivity index (χ3v) is 5.85. The summed E-state index contributed by atoms with van der Waals surface area (Å²) >= 11 is 1.75. The van der Waals surface area contributed by atoms with Crippen molar-refractivity contribution in [1.29, 1.82) is 0 Å². The average molecular weight is 368 g/mol. The van der Waals surface area contributed by atoms with Gasteiger partial charge in [-0.25, -0.2) is 0 Å². The second kappa shape index (κ2) is 9.87. The van der Waals surface area contributed by atoms with Gasteiger partial charge in [0.05, 0.1) is 0 Å². The third-order valence-electron chi connectivity index (χ3n) is 4.84. The van der Waals surface area contributed by atoms with Crippen molar-refractivity contribution in [3.05, 3.63) is 70.8 Å². The predicted octanol–water partition coefficient (Wildman–Crippen LogP) is 7.41. The molecule has 0 aliphatic heterocycles. The van der Waals surface area contributed by atoms with Gasteiger partial charge in [-0.05, 0) is 79.9 Å². The van der Waals surface area contributed by atoms with Crippen LogP contribution in [-0.4, -0.2) is 6.04 Å². The van der Waals surface area contributed by atoms with Crippen LogP contribution >= 0.6 is 11.8 Å². The molecule has 0 radical (unpaired) electrons. The first-order chi connectivity index (χ1) is 12.4. The largest absolute Gasteiger partial charge is 0.382 e. The molecule has 0 saturated heterocycles. The van der Waals surface area contributed by atoms with Gasteiger partial charge < -0.3 is 5.32 Å². The van der Waals surface area contributed by atoms with Crippen LogP contribution in [0.1, 0.15) is 64.0 Å². The van der Waals surface area contributed by atoms with E-state index in [1.165, 1.54) is 59.4 Å². The molecule has 1 saturated carbocycles. The van der Waals surface area contributed by atoms with Crippen molar-refractivity contribution in [2.75, 3.05) is 0 Å². The maximum Gasteiger partial charge on any atom is 0.0372 e. The highest BCUT2D eigenvalue weighted by atomic mass is 32.2. The topological polar surface area (TPSA) is 12.0 Å². The van der Waals surface area contributed by atoms with E-state index in [1.807, 2.05) is 0 Å². The van der Waals surface area contributed by atoms with Crippen molar-refractivity contribution >= 4 is 17.3 Å². The molecule has 1 N–H and O–H groups in total. The van der Waals surface area contributed by atoms with Crippen molar-refractivity contribution in [1.82, 2.24) is 5.32 Å². The number of hydrogen-bond acceptors (Lipinski definition) is 2. The Labute approximate surface area is 164 Å². The molecule has 0 bridgehead atoms. The first-order valence-electron chi connectivity index (χ1n) is 9.65. The lowest BCUT2D eigenvalue weighted by molar-refractivity contribution is 0.398. The van der Waals surface area contributed by atoms with E-state index in [9.17, 15) is 0 Å². The Hall–Kier alpha value is -1.67. The zero-order valence-electron chi connectivity index (χ0n) is 16.8. The maximum atomic E-state index is 4.20. The van der Waals surface area contributed by atoms with E-state index in [1.54, 1.807) is 11.8 Å². The summed E-state index contributed by atoms with van der Waals surface area (Å²) in [7, 11) is 0. The minimum absolute atomic E-state index is 0.581. The molecular formula is C24H33NS. The molecule has 1 aromatic rings. The number of nitrogens with one attached hydrogen (secondary N) is 1. The molecule has 2 heteroatoms. The third kappa shape index (κ3) is 5.95. The van der Waals surface area contributed by atoms with Gasteiger partial charge in [0.25, 0.3) is 0 Å². The predicted molar refractivity (Wildman–Crippen MR) is 118 cm³/mol. The fraction of sp³-hybridized carbons (Fsp3) is 0.417. The molecular weight excluding hydrogens is 334 g/mol. The van der Waals surface area contributed by atoms with Gasteiger partial charge in [0.1, 0.15) is 0 Å². The Kier molecular flexibility index (Phi) is 7.84. The zero-order chi connectivity index (χ0) is 19.1. The number of benzene rings is 1. The number of aryl methyl sites for hydroxylation is 1. The van der Waals surface area contributed by atoms with Crippen LogP contribution in [0.4, 0.5) is 0 Å². The van der Waals surface area contributed by atoms with Gasteiger partial charge in [-0.3, -0.25) is 0 Å². The first kappa shape index (κ1) is 20.6. The lowest BCUT2D eigenvalue weighted by Crippen LogP contribution is -2.30. The molecule has 0 unspecified atom stereocenters. The highest BCUT2D eigenvalue weighted by Gasteiger charge is 2.15. The van der Waals surface area contributed by atoms with Crippen LogP contribution in [-0.2, 0) is 0 Å². The Morgan fingerprint density at radius 3 is 2.42 bits per heavy atom. The lowest BCUT2D eigenvalue weighted by atomic mass is 9.94. The van der Waals surface area contributed by atoms with Gasteiger partial charge in [0.2, 0.25) is 0 Å². The highest BCUT2D eigenvalue weighted by molar-refractivity contribution is 8.03. The van der Waals surface area contributed by atoms with E-state index in [-0.39, 0.29) is 0 Å². The van der Waals surface area contributed by atoms with Crippen LogP contribution in [0.25, 0.3) is 5.57 Å². The number of allylic oxidation sites excluding steroid dienone is 5. The summed E-state index contributed by atoms with van der Waals surface area (Å²) in [5.41, 5.74) is 6.03. The van der Waals surface area contributed by atoms with Crippen LogP contribution in [0.5, 0.6) is 0 Å². The summed E-state index contributed by atoms with van der Waals surface area (Å²) in [4.78, 5) is 2.39. The molecule has 1 aliphatic carbocycles. The molecule has 26 heavy (non-hydrogen) atoms. The summed E-state index contributed by atoms with van der Waals surface area (Å²) < 4.78 is 0. The number of rotatable bonds is 7. The summed E-state index contributed by atoms with van der Waals surface area (Å²) in [5, 5.41) is 3.75. The van der Waals surface area contributed by atoms with Gasteiger partial charge in [0, 0.05) is 16.6 Å². The van der Waals surface area contributed by atoms with Gasteiger partial charge >= 0.3 is 0 Å². The summed E-state index contributed by atoms with van der Waals surface area (Å²) in [6.45, 7) is 16.6. The standard InChI is InChI=1S/C24H33NS/c1-7-20(21-14-13-19(6)24(16-21)26-18(4)5)15-23(17(2)3)25-22-11-9-8-10-12-22/h7,13-16,22,25H,2,4,8-12H2,1,3,5-6H3/b20-7+,23-15+. The smallest absolute Gasteiger partial charge is 0.0372 e. The quantitative estimate of drug-likeness (QED) is 0.398. The van der Waals surface area contributed by atoms with Gasteiger partial charge in [-0.1, -0.05) is 62.4 Å². The summed E-state index contributed by atoms with van der Waals surface area (Å²) in [6.07, 6.45) is 11.0. The van der Waals surface area contributed by atoms with Gasteiger partial charge in [-0.2, -0.15) is 0 Å². The monoisotopic (exact) mass is 367 g/mol. The SMILES string of the molecule is C=C(C)Sc1cc(C(/C=C(/NC2CCCCC2)C(=C)C)=C/C)ccc1C. The Morgan fingerprint density at radius 1 is 1.15 bits per heavy atom. The van der Waals surface area contributed by atoms with Crippen LogP contribution in [0.3, 0.4) is 0 Å². The van der Waals surface area contributed by atoms with E-state index in [4.69, 9.17) is 0 Å². The fourth-order valence-corrected chi connectivity index (χ4v) is 4.11. The van der Waals surface area contributed by atoms with Crippen molar-refractivity contribution in [3.8, 4) is 0 Å². The molecule has 0 spiro atoms. The molecule has 1 aromatic carbocycles. The summed E-state index contributed by atoms with van der Waals surface area (Å²) in [5.74, 6) is 0. The Morgan fingerprint density at radius 2 is 1.85 bits per heavy atom. The van der Waals surface area contributed by atoms with E-state index in [2.05, 4.69) is 76.5 Å². The van der Waals surface area contributed by atoms with E-state index in [0.717, 1.165) is 10.5 Å². The van der Waals surface area contributed by atoms with Crippen molar-refractivity contribution < 1.29 is 0 Å². The maximum absolute atomic E-state index is 4.20. The first-order valence-corrected chi connectivity index (χ1v) is 10.5. The van der Waals surface area contributed by atoms with Crippen molar-refractivity contribution in [2.45, 2.75) is 70.7 Å². The Balaban J connectivity index is 2.28. The summed E-state index contributed by atoms with van der Waals surface area (Å²) in [6, 6.07) is 7.27. The second-order valence-electron chi connectivity index (χ2n) is 7.35. The average Bonchev–Trinajstić information content (AvgIpc) is 2.61. The molecule has 1 fully saturated rings. The van der Waals surface area contributed by atoms with Gasteiger partial charge in [0.15, 0.2) is 0 Å². The molecule has 0 atom stereocenters. The van der Waals surface area contributed by atoms with Crippen molar-refractivity contribution in [2.24, 2.45) is 0 Å². The Bertz CT molecular complexity index is 718. The zero-order valence-corrected chi connectivity index (χ0v) is 17.6. The van der Waals surface area contributed by atoms with E-state index in [0.29, 0.717) is 6.04 Å². The van der Waals surface area contributed by atoms with Crippen LogP contribution < -0.4 is 5.32 Å². The molecule has 1 nitrogen and oxygen atoms in total.